The lowest BCUT2D eigenvalue weighted by atomic mass is 10.1. The first-order chi connectivity index (χ1) is 5.17. The second kappa shape index (κ2) is 3.52. The van der Waals surface area contributed by atoms with Crippen LogP contribution in [0.2, 0.25) is 0 Å². The summed E-state index contributed by atoms with van der Waals surface area (Å²) in [6.07, 6.45) is 2.14. The minimum atomic E-state index is -0.981. The molecular formula is C8H17NO2. The average molecular weight is 159 g/mol. The van der Waals surface area contributed by atoms with Crippen molar-refractivity contribution in [1.29, 1.82) is 0 Å². The molecule has 1 saturated heterocycles. The minimum Gasteiger partial charge on any atom is -0.364 e. The quantitative estimate of drug-likeness (QED) is 0.589. The van der Waals surface area contributed by atoms with Crippen molar-refractivity contribution in [3.8, 4) is 0 Å². The van der Waals surface area contributed by atoms with Crippen LogP contribution in [0.1, 0.15) is 26.7 Å². The molecule has 1 rings (SSSR count). The van der Waals surface area contributed by atoms with Gasteiger partial charge in [-0.05, 0) is 33.2 Å². The molecule has 0 spiro atoms. The zero-order valence-corrected chi connectivity index (χ0v) is 7.26. The molecule has 0 bridgehead atoms. The van der Waals surface area contributed by atoms with Gasteiger partial charge in [-0.25, -0.2) is 0 Å². The third-order valence-electron chi connectivity index (χ3n) is 2.14. The highest BCUT2D eigenvalue weighted by molar-refractivity contribution is 4.84. The van der Waals surface area contributed by atoms with Gasteiger partial charge in [0, 0.05) is 6.61 Å². The normalized spacial score (nSPS) is 30.3. The molecule has 0 radical (unpaired) electrons. The predicted octanol–water partition coefficient (Wildman–Crippen LogP) is 0.483. The number of nitrogens with one attached hydrogen (secondary N) is 1. The summed E-state index contributed by atoms with van der Waals surface area (Å²) in [7, 11) is 0. The van der Waals surface area contributed by atoms with Gasteiger partial charge in [0.25, 0.3) is 0 Å². The number of rotatable bonds is 3. The van der Waals surface area contributed by atoms with E-state index in [9.17, 15) is 5.11 Å². The van der Waals surface area contributed by atoms with Gasteiger partial charge in [0.1, 0.15) is 0 Å². The van der Waals surface area contributed by atoms with Crippen molar-refractivity contribution < 1.29 is 9.84 Å². The lowest BCUT2D eigenvalue weighted by Crippen LogP contribution is -2.47. The van der Waals surface area contributed by atoms with Crippen molar-refractivity contribution >= 4 is 0 Å². The van der Waals surface area contributed by atoms with Gasteiger partial charge in [-0.15, -0.1) is 0 Å². The number of hydrogen-bond acceptors (Lipinski definition) is 3. The van der Waals surface area contributed by atoms with E-state index in [4.69, 9.17) is 4.74 Å². The highest BCUT2D eigenvalue weighted by Crippen LogP contribution is 2.19. The SMILES string of the molecule is CCOC(C)(O)C1CCCN1. The molecule has 66 valence electrons. The maximum atomic E-state index is 9.73. The molecule has 1 aliphatic rings. The van der Waals surface area contributed by atoms with E-state index < -0.39 is 5.79 Å². The summed E-state index contributed by atoms with van der Waals surface area (Å²) in [6, 6.07) is 0.113. The van der Waals surface area contributed by atoms with E-state index in [1.54, 1.807) is 6.92 Å². The molecule has 0 aromatic rings. The van der Waals surface area contributed by atoms with Crippen molar-refractivity contribution in [3.63, 3.8) is 0 Å². The van der Waals surface area contributed by atoms with Gasteiger partial charge in [0.15, 0.2) is 5.79 Å². The molecule has 0 aromatic heterocycles. The molecule has 0 amide bonds. The monoisotopic (exact) mass is 159 g/mol. The number of aliphatic hydroxyl groups is 1. The Balaban J connectivity index is 2.41. The van der Waals surface area contributed by atoms with Crippen LogP contribution in [0.25, 0.3) is 0 Å². The van der Waals surface area contributed by atoms with Crippen molar-refractivity contribution in [3.05, 3.63) is 0 Å². The van der Waals surface area contributed by atoms with Crippen molar-refractivity contribution in [2.24, 2.45) is 0 Å². The molecule has 1 heterocycles. The number of ether oxygens (including phenoxy) is 1. The minimum absolute atomic E-state index is 0.113. The third-order valence-corrected chi connectivity index (χ3v) is 2.14. The Hall–Kier alpha value is -0.120. The summed E-state index contributed by atoms with van der Waals surface area (Å²) >= 11 is 0. The first-order valence-electron chi connectivity index (χ1n) is 4.26. The van der Waals surface area contributed by atoms with Crippen molar-refractivity contribution in [2.45, 2.75) is 38.5 Å². The second-order valence-electron chi connectivity index (χ2n) is 3.14. The lowest BCUT2D eigenvalue weighted by Gasteiger charge is -2.29. The average Bonchev–Trinajstić information content (AvgIpc) is 2.37. The van der Waals surface area contributed by atoms with Crippen molar-refractivity contribution in [1.82, 2.24) is 5.32 Å². The van der Waals surface area contributed by atoms with Crippen LogP contribution in [0, 0.1) is 0 Å². The van der Waals surface area contributed by atoms with Gasteiger partial charge in [0.05, 0.1) is 6.04 Å². The van der Waals surface area contributed by atoms with E-state index in [0.717, 1.165) is 19.4 Å². The topological polar surface area (TPSA) is 41.5 Å². The van der Waals surface area contributed by atoms with Crippen LogP contribution in [0.15, 0.2) is 0 Å². The molecule has 0 aromatic carbocycles. The van der Waals surface area contributed by atoms with E-state index >= 15 is 0 Å². The molecule has 2 atom stereocenters. The van der Waals surface area contributed by atoms with Gasteiger partial charge < -0.3 is 15.2 Å². The molecule has 11 heavy (non-hydrogen) atoms. The zero-order valence-electron chi connectivity index (χ0n) is 7.26. The van der Waals surface area contributed by atoms with Gasteiger partial charge in [-0.1, -0.05) is 0 Å². The molecule has 2 unspecified atom stereocenters. The molecule has 3 nitrogen and oxygen atoms in total. The summed E-state index contributed by atoms with van der Waals surface area (Å²) in [6.45, 7) is 5.17. The van der Waals surface area contributed by atoms with Crippen LogP contribution < -0.4 is 5.32 Å². The summed E-state index contributed by atoms with van der Waals surface area (Å²) in [5.41, 5.74) is 0. The summed E-state index contributed by atoms with van der Waals surface area (Å²) < 4.78 is 5.21. The van der Waals surface area contributed by atoms with Gasteiger partial charge in [-0.2, -0.15) is 0 Å². The highest BCUT2D eigenvalue weighted by atomic mass is 16.6. The molecule has 0 aliphatic carbocycles. The van der Waals surface area contributed by atoms with Crippen LogP contribution in [0.5, 0.6) is 0 Å². The van der Waals surface area contributed by atoms with Crippen LogP contribution in [0.3, 0.4) is 0 Å². The van der Waals surface area contributed by atoms with E-state index in [1.165, 1.54) is 0 Å². The summed E-state index contributed by atoms with van der Waals surface area (Å²) in [5.74, 6) is -0.981. The summed E-state index contributed by atoms with van der Waals surface area (Å²) in [5, 5.41) is 12.9. The molecular weight excluding hydrogens is 142 g/mol. The second-order valence-corrected chi connectivity index (χ2v) is 3.14. The Morgan fingerprint density at radius 3 is 2.91 bits per heavy atom. The smallest absolute Gasteiger partial charge is 0.178 e. The fraction of sp³-hybridized carbons (Fsp3) is 1.00. The first-order valence-corrected chi connectivity index (χ1v) is 4.26. The van der Waals surface area contributed by atoms with Crippen LogP contribution in [0.4, 0.5) is 0 Å². The fourth-order valence-electron chi connectivity index (χ4n) is 1.53. The van der Waals surface area contributed by atoms with E-state index in [-0.39, 0.29) is 6.04 Å². The van der Waals surface area contributed by atoms with Gasteiger partial charge >= 0.3 is 0 Å². The Labute approximate surface area is 67.7 Å². The molecule has 3 heteroatoms. The Bertz CT molecular complexity index is 119. The summed E-state index contributed by atoms with van der Waals surface area (Å²) in [4.78, 5) is 0. The maximum Gasteiger partial charge on any atom is 0.178 e. The molecule has 0 saturated carbocycles. The first kappa shape index (κ1) is 8.97. The van der Waals surface area contributed by atoms with Crippen LogP contribution in [-0.4, -0.2) is 30.1 Å². The largest absolute Gasteiger partial charge is 0.364 e. The van der Waals surface area contributed by atoms with Gasteiger partial charge in [0.2, 0.25) is 0 Å². The van der Waals surface area contributed by atoms with Gasteiger partial charge in [-0.3, -0.25) is 0 Å². The molecule has 1 aliphatic heterocycles. The van der Waals surface area contributed by atoms with Crippen LogP contribution >= 0.6 is 0 Å². The van der Waals surface area contributed by atoms with Crippen LogP contribution in [-0.2, 0) is 4.74 Å². The standard InChI is InChI=1S/C8H17NO2/c1-3-11-8(2,10)7-5-4-6-9-7/h7,9-10H,3-6H2,1-2H3. The molecule has 2 N–H and O–H groups in total. The Morgan fingerprint density at radius 1 is 1.73 bits per heavy atom. The van der Waals surface area contributed by atoms with E-state index in [2.05, 4.69) is 5.32 Å². The zero-order chi connectivity index (χ0) is 8.32. The van der Waals surface area contributed by atoms with E-state index in [0.29, 0.717) is 6.61 Å². The third kappa shape index (κ3) is 2.15. The Morgan fingerprint density at radius 2 is 2.45 bits per heavy atom. The fourth-order valence-corrected chi connectivity index (χ4v) is 1.53. The number of hydrogen-bond donors (Lipinski definition) is 2. The predicted molar refractivity (Wildman–Crippen MR) is 43.3 cm³/mol. The maximum absolute atomic E-state index is 9.73. The Kier molecular flexibility index (Phi) is 2.87. The van der Waals surface area contributed by atoms with E-state index in [1.807, 2.05) is 6.92 Å². The lowest BCUT2D eigenvalue weighted by molar-refractivity contribution is -0.203. The highest BCUT2D eigenvalue weighted by Gasteiger charge is 2.34. The van der Waals surface area contributed by atoms with Crippen molar-refractivity contribution in [2.75, 3.05) is 13.2 Å². The molecule has 1 fully saturated rings.